The average Bonchev–Trinajstić information content (AvgIpc) is 2.39. The molecule has 0 unspecified atom stereocenters. The van der Waals surface area contributed by atoms with Gasteiger partial charge in [0.2, 0.25) is 0 Å². The topological polar surface area (TPSA) is 37.0 Å². The minimum atomic E-state index is 0.349. The van der Waals surface area contributed by atoms with Crippen molar-refractivity contribution in [2.75, 3.05) is 30.0 Å². The second-order valence-corrected chi connectivity index (χ2v) is 7.26. The van der Waals surface area contributed by atoms with E-state index >= 15 is 0 Å². The molecular weight excluding hydrogens is 313 g/mol. The minimum Gasteiger partial charge on any atom is -0.369 e. The van der Waals surface area contributed by atoms with Crippen molar-refractivity contribution in [2.45, 2.75) is 37.4 Å². The zero-order valence-corrected chi connectivity index (χ0v) is 14.3. The minimum absolute atomic E-state index is 0.349. The average molecular weight is 334 g/mol. The maximum absolute atomic E-state index is 6.22. The summed E-state index contributed by atoms with van der Waals surface area (Å²) in [6.45, 7) is 3.85. The number of thioether (sulfide) groups is 1. The summed E-state index contributed by atoms with van der Waals surface area (Å²) >= 11 is 14.3. The van der Waals surface area contributed by atoms with Gasteiger partial charge in [0, 0.05) is 17.8 Å². The van der Waals surface area contributed by atoms with Crippen LogP contribution in [0.2, 0.25) is 10.0 Å². The molecule has 1 fully saturated rings. The van der Waals surface area contributed by atoms with Crippen LogP contribution >= 0.6 is 35.0 Å². The quantitative estimate of drug-likeness (QED) is 0.743. The van der Waals surface area contributed by atoms with E-state index < -0.39 is 0 Å². The largest absolute Gasteiger partial charge is 0.369 e. The van der Waals surface area contributed by atoms with Crippen LogP contribution < -0.4 is 10.6 Å². The van der Waals surface area contributed by atoms with Gasteiger partial charge in [-0.05, 0) is 31.6 Å². The monoisotopic (exact) mass is 333 g/mol. The molecule has 6 heteroatoms. The van der Waals surface area contributed by atoms with Gasteiger partial charge in [-0.1, -0.05) is 36.5 Å². The van der Waals surface area contributed by atoms with Crippen molar-refractivity contribution in [1.29, 1.82) is 0 Å². The van der Waals surface area contributed by atoms with E-state index in [4.69, 9.17) is 23.2 Å². The molecule has 0 atom stereocenters. The molecule has 0 radical (unpaired) electrons. The molecule has 0 spiro atoms. The Morgan fingerprint density at radius 3 is 2.40 bits per heavy atom. The van der Waals surface area contributed by atoms with Gasteiger partial charge < -0.3 is 10.6 Å². The number of anilines is 2. The van der Waals surface area contributed by atoms with Crippen LogP contribution in [0.3, 0.4) is 0 Å². The van der Waals surface area contributed by atoms with Crippen molar-refractivity contribution >= 4 is 46.6 Å². The molecule has 1 aromatic rings. The van der Waals surface area contributed by atoms with E-state index in [1.165, 1.54) is 19.3 Å². The molecule has 0 aliphatic heterocycles. The summed E-state index contributed by atoms with van der Waals surface area (Å²) in [5.74, 6) is 1.42. The first-order chi connectivity index (χ1) is 9.60. The molecule has 0 saturated heterocycles. The molecule has 1 aromatic heterocycles. The van der Waals surface area contributed by atoms with Gasteiger partial charge in [-0.25, -0.2) is 4.98 Å². The number of aromatic nitrogens is 1. The van der Waals surface area contributed by atoms with E-state index in [1.54, 1.807) is 6.07 Å². The van der Waals surface area contributed by atoms with Crippen molar-refractivity contribution < 1.29 is 0 Å². The predicted octanol–water partition coefficient (Wildman–Crippen LogP) is 4.91. The van der Waals surface area contributed by atoms with Crippen LogP contribution in [0.15, 0.2) is 6.07 Å². The molecule has 1 heterocycles. The Hall–Kier alpha value is -0.320. The van der Waals surface area contributed by atoms with Gasteiger partial charge >= 0.3 is 0 Å². The number of nitrogens with zero attached hydrogens (tertiary/aromatic N) is 1. The Labute approximate surface area is 135 Å². The number of halogens is 2. The summed E-state index contributed by atoms with van der Waals surface area (Å²) in [4.78, 5) is 4.51. The van der Waals surface area contributed by atoms with Crippen LogP contribution in [-0.4, -0.2) is 29.1 Å². The summed E-state index contributed by atoms with van der Waals surface area (Å²) in [5.41, 5.74) is 0. The van der Waals surface area contributed by atoms with Gasteiger partial charge in [0.05, 0.1) is 10.0 Å². The van der Waals surface area contributed by atoms with Gasteiger partial charge in [-0.2, -0.15) is 11.8 Å². The summed E-state index contributed by atoms with van der Waals surface area (Å²) in [6, 6.07) is 1.75. The number of pyridine rings is 1. The van der Waals surface area contributed by atoms with Crippen molar-refractivity contribution in [1.82, 2.24) is 4.98 Å². The predicted molar refractivity (Wildman–Crippen MR) is 91.6 cm³/mol. The summed E-state index contributed by atoms with van der Waals surface area (Å²) in [7, 11) is 0. The van der Waals surface area contributed by atoms with Crippen molar-refractivity contribution in [3.63, 3.8) is 0 Å². The van der Waals surface area contributed by atoms with Gasteiger partial charge in [0.15, 0.2) is 0 Å². The molecule has 0 amide bonds. The van der Waals surface area contributed by atoms with Crippen molar-refractivity contribution in [3.05, 3.63) is 16.1 Å². The lowest BCUT2D eigenvalue weighted by Gasteiger charge is -2.40. The van der Waals surface area contributed by atoms with E-state index in [2.05, 4.69) is 28.8 Å². The molecule has 3 nitrogen and oxygen atoms in total. The van der Waals surface area contributed by atoms with Crippen LogP contribution in [0, 0.1) is 0 Å². The zero-order chi connectivity index (χ0) is 14.6. The Morgan fingerprint density at radius 1 is 1.25 bits per heavy atom. The second kappa shape index (κ2) is 7.10. The first-order valence-corrected chi connectivity index (χ1v) is 8.97. The molecule has 1 aliphatic rings. The first-order valence-electron chi connectivity index (χ1n) is 6.99. The molecule has 20 heavy (non-hydrogen) atoms. The number of hydrogen-bond acceptors (Lipinski definition) is 4. The Balaban J connectivity index is 2.06. The molecule has 112 valence electrons. The standard InChI is InChI=1S/C14H21Cl2N3S/c1-3-7-17-12-10(15)8-11(16)13(19-12)18-9-14(20-2)5-4-6-14/h8H,3-7,9H2,1-2H3,(H2,17,18,19). The Bertz CT molecular complexity index is 458. The summed E-state index contributed by atoms with van der Waals surface area (Å²) in [6.07, 6.45) is 7.03. The SMILES string of the molecule is CCCNc1nc(NCC2(SC)CCC2)c(Cl)cc1Cl. The van der Waals surface area contributed by atoms with Crippen LogP contribution in [-0.2, 0) is 0 Å². The maximum Gasteiger partial charge on any atom is 0.147 e. The fourth-order valence-corrected chi connectivity index (χ4v) is 3.63. The summed E-state index contributed by atoms with van der Waals surface area (Å²) in [5, 5.41) is 7.75. The molecule has 1 aliphatic carbocycles. The fourth-order valence-electron chi connectivity index (χ4n) is 2.23. The molecule has 1 saturated carbocycles. The van der Waals surface area contributed by atoms with Gasteiger partial charge in [-0.3, -0.25) is 0 Å². The van der Waals surface area contributed by atoms with Crippen molar-refractivity contribution in [2.24, 2.45) is 0 Å². The third kappa shape index (κ3) is 3.66. The normalized spacial score (nSPS) is 16.6. The first kappa shape index (κ1) is 16.1. The molecule has 0 bridgehead atoms. The van der Waals surface area contributed by atoms with E-state index in [0.717, 1.165) is 25.3 Å². The van der Waals surface area contributed by atoms with Crippen LogP contribution in [0.25, 0.3) is 0 Å². The van der Waals surface area contributed by atoms with Gasteiger partial charge in [-0.15, -0.1) is 0 Å². The third-order valence-corrected chi connectivity index (χ3v) is 5.74. The smallest absolute Gasteiger partial charge is 0.147 e. The maximum atomic E-state index is 6.22. The number of rotatable bonds is 7. The second-order valence-electron chi connectivity index (χ2n) is 5.17. The van der Waals surface area contributed by atoms with Crippen LogP contribution in [0.4, 0.5) is 11.6 Å². The fraction of sp³-hybridized carbons (Fsp3) is 0.643. The number of hydrogen-bond donors (Lipinski definition) is 2. The molecular formula is C14H21Cl2N3S. The highest BCUT2D eigenvalue weighted by atomic mass is 35.5. The van der Waals surface area contributed by atoms with Crippen molar-refractivity contribution in [3.8, 4) is 0 Å². The lowest BCUT2D eigenvalue weighted by Crippen LogP contribution is -2.40. The van der Waals surface area contributed by atoms with Gasteiger partial charge in [0.25, 0.3) is 0 Å². The number of nitrogens with one attached hydrogen (secondary N) is 2. The van der Waals surface area contributed by atoms with E-state index in [0.29, 0.717) is 20.6 Å². The zero-order valence-electron chi connectivity index (χ0n) is 11.9. The Kier molecular flexibility index (Phi) is 5.70. The van der Waals surface area contributed by atoms with Crippen LogP contribution in [0.5, 0.6) is 0 Å². The molecule has 2 N–H and O–H groups in total. The highest BCUT2D eigenvalue weighted by Gasteiger charge is 2.36. The Morgan fingerprint density at radius 2 is 1.90 bits per heavy atom. The van der Waals surface area contributed by atoms with Gasteiger partial charge in [0.1, 0.15) is 11.6 Å². The lowest BCUT2D eigenvalue weighted by molar-refractivity contribution is 0.379. The molecule has 2 rings (SSSR count). The van der Waals surface area contributed by atoms with Crippen LogP contribution in [0.1, 0.15) is 32.6 Å². The van der Waals surface area contributed by atoms with E-state index in [-0.39, 0.29) is 0 Å². The van der Waals surface area contributed by atoms with E-state index in [1.807, 2.05) is 11.8 Å². The highest BCUT2D eigenvalue weighted by molar-refractivity contribution is 8.00. The van der Waals surface area contributed by atoms with E-state index in [9.17, 15) is 0 Å². The molecule has 0 aromatic carbocycles. The summed E-state index contributed by atoms with van der Waals surface area (Å²) < 4.78 is 0.349. The lowest BCUT2D eigenvalue weighted by atomic mass is 9.84. The highest BCUT2D eigenvalue weighted by Crippen LogP contribution is 2.43. The third-order valence-electron chi connectivity index (χ3n) is 3.75.